The van der Waals surface area contributed by atoms with Crippen molar-refractivity contribution in [1.29, 1.82) is 0 Å². The molecule has 1 aromatic carbocycles. The van der Waals surface area contributed by atoms with E-state index in [0.717, 1.165) is 37.4 Å². The van der Waals surface area contributed by atoms with Crippen molar-refractivity contribution in [3.8, 4) is 0 Å². The molecule has 2 aliphatic rings. The maximum Gasteiger partial charge on any atom is 0.241 e. The first-order valence-corrected chi connectivity index (χ1v) is 10.1. The number of nitrogens with one attached hydrogen (secondary N) is 1. The number of nitrogens with zero attached hydrogens (tertiary/aromatic N) is 4. The Morgan fingerprint density at radius 1 is 1.14 bits per heavy atom. The minimum absolute atomic E-state index is 0.0589. The van der Waals surface area contributed by atoms with Crippen molar-refractivity contribution >= 4 is 46.4 Å². The Balaban J connectivity index is 1.40. The first-order chi connectivity index (χ1) is 13.5. The van der Waals surface area contributed by atoms with Crippen molar-refractivity contribution in [3.63, 3.8) is 0 Å². The molecule has 28 heavy (non-hydrogen) atoms. The number of rotatable bonds is 4. The molecule has 0 radical (unpaired) electrons. The zero-order chi connectivity index (χ0) is 19.7. The first-order valence-electron chi connectivity index (χ1n) is 9.31. The Hall–Kier alpha value is -2.25. The van der Waals surface area contributed by atoms with Crippen LogP contribution in [-0.4, -0.2) is 53.0 Å². The summed E-state index contributed by atoms with van der Waals surface area (Å²) in [5, 5.41) is 4.19. The summed E-state index contributed by atoms with van der Waals surface area (Å²) in [6.07, 6.45) is 3.59. The maximum absolute atomic E-state index is 12.8. The molecule has 148 valence electrons. The lowest BCUT2D eigenvalue weighted by molar-refractivity contribution is -0.130. The van der Waals surface area contributed by atoms with Gasteiger partial charge in [-0.25, -0.2) is 9.97 Å². The molecule has 2 aromatic rings. The first kappa shape index (κ1) is 19.1. The quantitative estimate of drug-likeness (QED) is 0.790. The number of nitrogens with two attached hydrogens (primary N) is 1. The van der Waals surface area contributed by atoms with Gasteiger partial charge in [-0.1, -0.05) is 23.2 Å². The van der Waals surface area contributed by atoms with Gasteiger partial charge in [0, 0.05) is 41.4 Å². The van der Waals surface area contributed by atoms with Crippen LogP contribution in [0.2, 0.25) is 10.0 Å². The number of hydrogen-bond acceptors (Lipinski definition) is 6. The average Bonchev–Trinajstić information content (AvgIpc) is 3.08. The van der Waals surface area contributed by atoms with Gasteiger partial charge in [-0.3, -0.25) is 4.79 Å². The number of carbonyl (C=O) groups excluding carboxylic acids is 1. The highest BCUT2D eigenvalue weighted by atomic mass is 35.5. The Labute approximate surface area is 173 Å². The highest BCUT2D eigenvalue weighted by Gasteiger charge is 2.40. The third kappa shape index (κ3) is 4.10. The van der Waals surface area contributed by atoms with E-state index in [4.69, 9.17) is 28.9 Å². The summed E-state index contributed by atoms with van der Waals surface area (Å²) >= 11 is 12.0. The summed E-state index contributed by atoms with van der Waals surface area (Å²) in [6, 6.07) is 7.23. The molecule has 1 aromatic heterocycles. The van der Waals surface area contributed by atoms with Gasteiger partial charge in [0.25, 0.3) is 0 Å². The number of amides is 1. The van der Waals surface area contributed by atoms with E-state index in [1.165, 1.54) is 6.33 Å². The number of benzene rings is 1. The topological polar surface area (TPSA) is 87.4 Å². The molecule has 2 atom stereocenters. The third-order valence-corrected chi connectivity index (χ3v) is 5.93. The Kier molecular flexibility index (Phi) is 5.46. The van der Waals surface area contributed by atoms with Crippen molar-refractivity contribution in [1.82, 2.24) is 14.9 Å². The lowest BCUT2D eigenvalue weighted by Crippen LogP contribution is -2.51. The minimum Gasteiger partial charge on any atom is -0.384 e. The van der Waals surface area contributed by atoms with Crippen molar-refractivity contribution in [3.05, 3.63) is 40.6 Å². The molecule has 9 heteroatoms. The van der Waals surface area contributed by atoms with Gasteiger partial charge in [-0.05, 0) is 37.0 Å². The second-order valence-electron chi connectivity index (χ2n) is 7.25. The van der Waals surface area contributed by atoms with E-state index in [2.05, 4.69) is 20.2 Å². The SMILES string of the molecule is Nc1cc(N2CCC3CCN(C(=O)CNc4cc(Cl)cc(Cl)c4)CC32)ncn1. The fraction of sp³-hybridized carbons (Fsp3) is 0.421. The van der Waals surface area contributed by atoms with Gasteiger partial charge in [-0.2, -0.15) is 0 Å². The van der Waals surface area contributed by atoms with Gasteiger partial charge in [0.15, 0.2) is 0 Å². The van der Waals surface area contributed by atoms with Crippen molar-refractivity contribution in [2.24, 2.45) is 5.92 Å². The van der Waals surface area contributed by atoms with Crippen LogP contribution in [0.1, 0.15) is 12.8 Å². The van der Waals surface area contributed by atoms with Gasteiger partial charge < -0.3 is 20.9 Å². The molecule has 1 amide bonds. The normalized spacial score (nSPS) is 21.5. The Morgan fingerprint density at radius 3 is 2.64 bits per heavy atom. The van der Waals surface area contributed by atoms with Gasteiger partial charge in [-0.15, -0.1) is 0 Å². The molecule has 3 N–H and O–H groups in total. The zero-order valence-electron chi connectivity index (χ0n) is 15.3. The van der Waals surface area contributed by atoms with Crippen LogP contribution in [0.3, 0.4) is 0 Å². The fourth-order valence-electron chi connectivity index (χ4n) is 4.12. The Morgan fingerprint density at radius 2 is 1.89 bits per heavy atom. The van der Waals surface area contributed by atoms with Crippen molar-refractivity contribution < 1.29 is 4.79 Å². The van der Waals surface area contributed by atoms with Crippen LogP contribution in [0.25, 0.3) is 0 Å². The largest absolute Gasteiger partial charge is 0.384 e. The number of piperidine rings is 1. The molecule has 2 fully saturated rings. The van der Waals surface area contributed by atoms with E-state index < -0.39 is 0 Å². The van der Waals surface area contributed by atoms with Gasteiger partial charge in [0.05, 0.1) is 12.6 Å². The highest BCUT2D eigenvalue weighted by Crippen LogP contribution is 2.34. The Bertz CT molecular complexity index is 859. The monoisotopic (exact) mass is 420 g/mol. The molecule has 2 unspecified atom stereocenters. The minimum atomic E-state index is 0.0589. The smallest absolute Gasteiger partial charge is 0.241 e. The van der Waals surface area contributed by atoms with E-state index >= 15 is 0 Å². The molecule has 4 rings (SSSR count). The summed E-state index contributed by atoms with van der Waals surface area (Å²) in [6.45, 7) is 2.59. The second kappa shape index (κ2) is 8.01. The van der Waals surface area contributed by atoms with Crippen LogP contribution in [0, 0.1) is 5.92 Å². The summed E-state index contributed by atoms with van der Waals surface area (Å²) in [5.74, 6) is 1.92. The third-order valence-electron chi connectivity index (χ3n) is 5.49. The molecule has 7 nitrogen and oxygen atoms in total. The maximum atomic E-state index is 12.8. The predicted molar refractivity (Wildman–Crippen MR) is 112 cm³/mol. The zero-order valence-corrected chi connectivity index (χ0v) is 16.8. The summed E-state index contributed by atoms with van der Waals surface area (Å²) in [7, 11) is 0. The number of fused-ring (bicyclic) bond motifs is 1. The highest BCUT2D eigenvalue weighted by molar-refractivity contribution is 6.35. The number of nitrogen functional groups attached to an aromatic ring is 1. The molecular formula is C19H22Cl2N6O. The van der Waals surface area contributed by atoms with E-state index in [1.807, 2.05) is 4.90 Å². The molecule has 3 heterocycles. The van der Waals surface area contributed by atoms with Gasteiger partial charge >= 0.3 is 0 Å². The molecule has 0 aliphatic carbocycles. The molecule has 2 aliphatic heterocycles. The standard InChI is InChI=1S/C19H22Cl2N6O/c20-13-5-14(21)7-15(6-13)23-9-19(28)26-3-1-12-2-4-27(16(12)10-26)18-8-17(22)24-11-25-18/h5-8,11-12,16,23H,1-4,9-10H2,(H2,22,24,25). The van der Waals surface area contributed by atoms with E-state index in [9.17, 15) is 4.79 Å². The summed E-state index contributed by atoms with van der Waals surface area (Å²) < 4.78 is 0. The number of carbonyl (C=O) groups is 1. The molecule has 2 saturated heterocycles. The van der Waals surface area contributed by atoms with Gasteiger partial charge in [0.1, 0.15) is 18.0 Å². The predicted octanol–water partition coefficient (Wildman–Crippen LogP) is 2.90. The number of aromatic nitrogens is 2. The van der Waals surface area contributed by atoms with Crippen molar-refractivity contribution in [2.45, 2.75) is 18.9 Å². The van der Waals surface area contributed by atoms with E-state index in [1.54, 1.807) is 24.3 Å². The van der Waals surface area contributed by atoms with Crippen LogP contribution in [0.5, 0.6) is 0 Å². The molecular weight excluding hydrogens is 399 g/mol. The van der Waals surface area contributed by atoms with Crippen LogP contribution in [-0.2, 0) is 4.79 Å². The lowest BCUT2D eigenvalue weighted by Gasteiger charge is -2.39. The fourth-order valence-corrected chi connectivity index (χ4v) is 4.64. The average molecular weight is 421 g/mol. The molecule has 0 bridgehead atoms. The number of anilines is 3. The van der Waals surface area contributed by atoms with Crippen LogP contribution < -0.4 is 16.0 Å². The molecule has 0 saturated carbocycles. The number of likely N-dealkylation sites (tertiary alicyclic amines) is 1. The van der Waals surface area contributed by atoms with Crippen LogP contribution >= 0.6 is 23.2 Å². The number of halogens is 2. The summed E-state index contributed by atoms with van der Waals surface area (Å²) in [4.78, 5) is 25.3. The van der Waals surface area contributed by atoms with Crippen LogP contribution in [0.15, 0.2) is 30.6 Å². The van der Waals surface area contributed by atoms with Gasteiger partial charge in [0.2, 0.25) is 5.91 Å². The van der Waals surface area contributed by atoms with Crippen LogP contribution in [0.4, 0.5) is 17.3 Å². The lowest BCUT2D eigenvalue weighted by atomic mass is 9.92. The van der Waals surface area contributed by atoms with E-state index in [-0.39, 0.29) is 18.5 Å². The second-order valence-corrected chi connectivity index (χ2v) is 8.12. The van der Waals surface area contributed by atoms with E-state index in [0.29, 0.717) is 28.3 Å². The summed E-state index contributed by atoms with van der Waals surface area (Å²) in [5.41, 5.74) is 6.55. The molecule has 0 spiro atoms. The van der Waals surface area contributed by atoms with Crippen molar-refractivity contribution in [2.75, 3.05) is 42.1 Å². The number of hydrogen-bond donors (Lipinski definition) is 2.